The Bertz CT molecular complexity index is 1420. The third-order valence-electron chi connectivity index (χ3n) is 5.50. The molecule has 30 heavy (non-hydrogen) atoms. The lowest BCUT2D eigenvalue weighted by molar-refractivity contribution is 0.384. The van der Waals surface area contributed by atoms with Crippen molar-refractivity contribution in [3.05, 3.63) is 64.6 Å². The molecule has 8 nitrogen and oxygen atoms in total. The van der Waals surface area contributed by atoms with E-state index in [4.69, 9.17) is 9.40 Å². The largest absolute Gasteiger partial charge is 0.417 e. The van der Waals surface area contributed by atoms with Gasteiger partial charge >= 0.3 is 5.76 Å². The zero-order valence-corrected chi connectivity index (χ0v) is 17.1. The Hall–Kier alpha value is -3.17. The number of fused-ring (bicyclic) bond motifs is 2. The average molecular weight is 424 g/mol. The van der Waals surface area contributed by atoms with Crippen LogP contribution >= 0.6 is 0 Å². The molecule has 1 aliphatic heterocycles. The van der Waals surface area contributed by atoms with E-state index in [2.05, 4.69) is 22.9 Å². The standard InChI is InChI=1S/C21H20N4O4S/c1-14-12-20(22-17-5-3-2-4-16(14)17)24-8-10-25(11-9-24)30(27,28)15-6-7-18-19(13-15)29-21(26)23-18/h2-7,12-13H,8-11H2,1H3,(H,23,26). The highest BCUT2D eigenvalue weighted by molar-refractivity contribution is 7.89. The smallest absolute Gasteiger partial charge is 0.408 e. The van der Waals surface area contributed by atoms with E-state index in [-0.39, 0.29) is 10.5 Å². The van der Waals surface area contributed by atoms with Crippen LogP contribution in [0.5, 0.6) is 0 Å². The number of aromatic nitrogens is 2. The van der Waals surface area contributed by atoms with Crippen LogP contribution in [0.25, 0.3) is 22.0 Å². The van der Waals surface area contributed by atoms with Gasteiger partial charge in [-0.3, -0.25) is 4.98 Å². The molecule has 1 N–H and O–H groups in total. The molecule has 1 aliphatic rings. The van der Waals surface area contributed by atoms with Crippen LogP contribution in [0, 0.1) is 6.92 Å². The Kier molecular flexibility index (Phi) is 4.37. The lowest BCUT2D eigenvalue weighted by atomic mass is 10.1. The second-order valence-electron chi connectivity index (χ2n) is 7.38. The van der Waals surface area contributed by atoms with Crippen LogP contribution in [0.4, 0.5) is 5.82 Å². The SMILES string of the molecule is Cc1cc(N2CCN(S(=O)(=O)c3ccc4[nH]c(=O)oc4c3)CC2)nc2ccccc12. The Morgan fingerprint density at radius 3 is 2.60 bits per heavy atom. The maximum Gasteiger partial charge on any atom is 0.417 e. The van der Waals surface area contributed by atoms with Gasteiger partial charge in [0, 0.05) is 37.6 Å². The molecule has 3 heterocycles. The number of benzene rings is 2. The highest BCUT2D eigenvalue weighted by Crippen LogP contribution is 2.25. The third-order valence-corrected chi connectivity index (χ3v) is 7.40. The summed E-state index contributed by atoms with van der Waals surface area (Å²) in [4.78, 5) is 20.8. The average Bonchev–Trinajstić information content (AvgIpc) is 3.13. The van der Waals surface area contributed by atoms with Gasteiger partial charge in [-0.05, 0) is 36.8 Å². The monoisotopic (exact) mass is 424 g/mol. The van der Waals surface area contributed by atoms with E-state index in [9.17, 15) is 13.2 Å². The van der Waals surface area contributed by atoms with Gasteiger partial charge in [0.2, 0.25) is 10.0 Å². The minimum absolute atomic E-state index is 0.117. The number of pyridine rings is 1. The Morgan fingerprint density at radius 2 is 1.80 bits per heavy atom. The van der Waals surface area contributed by atoms with Crippen LogP contribution in [-0.2, 0) is 10.0 Å². The first-order chi connectivity index (χ1) is 14.4. The number of sulfonamides is 1. The molecule has 2 aromatic heterocycles. The van der Waals surface area contributed by atoms with Crippen molar-refractivity contribution in [1.82, 2.24) is 14.3 Å². The van der Waals surface area contributed by atoms with Gasteiger partial charge in [-0.15, -0.1) is 0 Å². The maximum absolute atomic E-state index is 13.1. The molecule has 2 aromatic carbocycles. The lowest BCUT2D eigenvalue weighted by Gasteiger charge is -2.35. The molecule has 0 spiro atoms. The number of hydrogen-bond donors (Lipinski definition) is 1. The molecule has 0 atom stereocenters. The predicted octanol–water partition coefficient (Wildman–Crippen LogP) is 2.49. The number of piperazine rings is 1. The van der Waals surface area contributed by atoms with Crippen molar-refractivity contribution < 1.29 is 12.8 Å². The molecule has 0 saturated carbocycles. The van der Waals surface area contributed by atoms with E-state index in [1.165, 1.54) is 16.4 Å². The second-order valence-corrected chi connectivity index (χ2v) is 9.32. The molecule has 5 rings (SSSR count). The van der Waals surface area contributed by atoms with Crippen molar-refractivity contribution in [3.8, 4) is 0 Å². The van der Waals surface area contributed by atoms with Gasteiger partial charge in [0.15, 0.2) is 5.58 Å². The first-order valence-corrected chi connectivity index (χ1v) is 11.1. The van der Waals surface area contributed by atoms with Gasteiger partial charge in [-0.2, -0.15) is 4.31 Å². The summed E-state index contributed by atoms with van der Waals surface area (Å²) in [7, 11) is -3.68. The fraction of sp³-hybridized carbons (Fsp3) is 0.238. The predicted molar refractivity (Wildman–Crippen MR) is 114 cm³/mol. The highest BCUT2D eigenvalue weighted by atomic mass is 32.2. The van der Waals surface area contributed by atoms with Crippen molar-refractivity contribution in [2.75, 3.05) is 31.1 Å². The molecular weight excluding hydrogens is 404 g/mol. The van der Waals surface area contributed by atoms with Crippen LogP contribution in [-0.4, -0.2) is 48.9 Å². The van der Waals surface area contributed by atoms with Crippen molar-refractivity contribution in [2.45, 2.75) is 11.8 Å². The summed E-state index contributed by atoms with van der Waals surface area (Å²) in [5.41, 5.74) is 2.79. The van der Waals surface area contributed by atoms with Crippen molar-refractivity contribution in [1.29, 1.82) is 0 Å². The van der Waals surface area contributed by atoms with Gasteiger partial charge < -0.3 is 9.32 Å². The number of para-hydroxylation sites is 1. The Morgan fingerprint density at radius 1 is 1.03 bits per heavy atom. The number of rotatable bonds is 3. The van der Waals surface area contributed by atoms with E-state index in [0.29, 0.717) is 31.7 Å². The van der Waals surface area contributed by atoms with Crippen LogP contribution in [0.3, 0.4) is 0 Å². The normalized spacial score (nSPS) is 15.8. The Labute approximate surface area is 172 Å². The maximum atomic E-state index is 13.1. The summed E-state index contributed by atoms with van der Waals surface area (Å²) < 4.78 is 32.6. The number of aromatic amines is 1. The molecule has 1 fully saturated rings. The molecule has 0 aliphatic carbocycles. The lowest BCUT2D eigenvalue weighted by Crippen LogP contribution is -2.48. The zero-order chi connectivity index (χ0) is 20.9. The summed E-state index contributed by atoms with van der Waals surface area (Å²) in [6.45, 7) is 3.86. The van der Waals surface area contributed by atoms with E-state index >= 15 is 0 Å². The van der Waals surface area contributed by atoms with Gasteiger partial charge in [-0.1, -0.05) is 18.2 Å². The molecule has 154 valence electrons. The summed E-state index contributed by atoms with van der Waals surface area (Å²) in [6.07, 6.45) is 0. The molecule has 0 unspecified atom stereocenters. The van der Waals surface area contributed by atoms with Gasteiger partial charge in [0.1, 0.15) is 5.82 Å². The van der Waals surface area contributed by atoms with E-state index in [0.717, 1.165) is 22.3 Å². The fourth-order valence-electron chi connectivity index (χ4n) is 3.89. The van der Waals surface area contributed by atoms with Gasteiger partial charge in [0.05, 0.1) is 15.9 Å². The molecule has 0 radical (unpaired) electrons. The Balaban J connectivity index is 1.37. The summed E-state index contributed by atoms with van der Waals surface area (Å²) >= 11 is 0. The van der Waals surface area contributed by atoms with Crippen molar-refractivity contribution in [2.24, 2.45) is 0 Å². The molecular formula is C21H20N4O4S. The summed E-state index contributed by atoms with van der Waals surface area (Å²) in [5.74, 6) is 0.255. The minimum atomic E-state index is -3.68. The number of aryl methyl sites for hydroxylation is 1. The van der Waals surface area contributed by atoms with Crippen LogP contribution in [0.2, 0.25) is 0 Å². The van der Waals surface area contributed by atoms with E-state index < -0.39 is 15.8 Å². The van der Waals surface area contributed by atoms with E-state index in [1.807, 2.05) is 24.3 Å². The third kappa shape index (κ3) is 3.16. The molecule has 4 aromatic rings. The van der Waals surface area contributed by atoms with Gasteiger partial charge in [0.25, 0.3) is 0 Å². The van der Waals surface area contributed by atoms with Crippen LogP contribution in [0.1, 0.15) is 5.56 Å². The first kappa shape index (κ1) is 18.8. The summed E-state index contributed by atoms with van der Waals surface area (Å²) in [6, 6.07) is 14.5. The quantitative estimate of drug-likeness (QED) is 0.542. The molecule has 0 amide bonds. The number of nitrogens with zero attached hydrogens (tertiary/aromatic N) is 3. The van der Waals surface area contributed by atoms with E-state index in [1.54, 1.807) is 6.07 Å². The number of hydrogen-bond acceptors (Lipinski definition) is 6. The van der Waals surface area contributed by atoms with Crippen LogP contribution < -0.4 is 10.7 Å². The zero-order valence-electron chi connectivity index (χ0n) is 16.3. The number of oxazole rings is 1. The van der Waals surface area contributed by atoms with Gasteiger partial charge in [-0.25, -0.2) is 18.2 Å². The highest BCUT2D eigenvalue weighted by Gasteiger charge is 2.29. The molecule has 9 heteroatoms. The summed E-state index contributed by atoms with van der Waals surface area (Å²) in [5, 5.41) is 1.12. The van der Waals surface area contributed by atoms with Crippen molar-refractivity contribution >= 4 is 37.8 Å². The second kappa shape index (κ2) is 6.96. The number of anilines is 1. The molecule has 0 bridgehead atoms. The fourth-order valence-corrected chi connectivity index (χ4v) is 5.32. The minimum Gasteiger partial charge on any atom is -0.408 e. The number of nitrogens with one attached hydrogen (secondary N) is 1. The number of H-pyrrole nitrogens is 1. The first-order valence-electron chi connectivity index (χ1n) is 9.66. The molecule has 1 saturated heterocycles. The van der Waals surface area contributed by atoms with Crippen LogP contribution in [0.15, 0.2) is 62.6 Å². The topological polar surface area (TPSA) is 99.5 Å². The van der Waals surface area contributed by atoms with Crippen molar-refractivity contribution in [3.63, 3.8) is 0 Å².